The second-order valence-electron chi connectivity index (χ2n) is 14.5. The monoisotopic (exact) mass is 709 g/mol. The largest absolute Gasteiger partial charge is 0.457 e. The van der Waals surface area contributed by atoms with E-state index < -0.39 is 0 Å². The SMILES string of the molecule is c1ccc(-c2ccc(N(c3ccc(-c4cccc(Oc5ccc6c(c5)CC6)c4)cc3)c3ccc(-c4cccc(Oc5ccc6c(c5)CC6)c4)cc3)cc2)cc1. The Labute approximate surface area is 322 Å². The fraction of sp³-hybridized carbons (Fsp3) is 0.0769. The zero-order valence-corrected chi connectivity index (χ0v) is 30.5. The zero-order valence-electron chi connectivity index (χ0n) is 30.5. The standard InChI is InChI=1S/C52H39NO2/c1-2-6-36(7-3-1)37-16-24-46(25-17-37)53(47-26-18-40(19-27-47)42-8-4-10-49(32-42)54-51-30-22-38-12-14-44(38)34-51)48-28-20-41(21-29-48)43-9-5-11-50(33-43)55-52-31-23-39-13-15-45(39)35-52/h1-11,16-35H,12-15H2. The van der Waals surface area contributed by atoms with E-state index in [1.807, 2.05) is 12.1 Å². The van der Waals surface area contributed by atoms with Crippen LogP contribution in [0.3, 0.4) is 0 Å². The predicted octanol–water partition coefficient (Wildman–Crippen LogP) is 13.9. The van der Waals surface area contributed by atoms with Crippen LogP contribution in [0.2, 0.25) is 0 Å². The number of nitrogens with zero attached hydrogens (tertiary/aromatic N) is 1. The van der Waals surface area contributed by atoms with Crippen LogP contribution in [0.5, 0.6) is 23.0 Å². The number of ether oxygens (including phenoxy) is 2. The van der Waals surface area contributed by atoms with E-state index in [-0.39, 0.29) is 0 Å². The maximum atomic E-state index is 6.30. The van der Waals surface area contributed by atoms with Crippen molar-refractivity contribution in [3.63, 3.8) is 0 Å². The van der Waals surface area contributed by atoms with Gasteiger partial charge in [-0.3, -0.25) is 0 Å². The molecule has 0 aliphatic heterocycles. The van der Waals surface area contributed by atoms with Crippen molar-refractivity contribution in [1.82, 2.24) is 0 Å². The Morgan fingerprint density at radius 1 is 0.273 bits per heavy atom. The lowest BCUT2D eigenvalue weighted by Crippen LogP contribution is -2.09. The van der Waals surface area contributed by atoms with Crippen molar-refractivity contribution in [2.45, 2.75) is 25.7 Å². The molecular formula is C52H39NO2. The van der Waals surface area contributed by atoms with E-state index in [1.54, 1.807) is 0 Å². The van der Waals surface area contributed by atoms with E-state index >= 15 is 0 Å². The molecular weight excluding hydrogens is 671 g/mol. The summed E-state index contributed by atoms with van der Waals surface area (Å²) in [5.74, 6) is 3.47. The third-order valence-electron chi connectivity index (χ3n) is 11.0. The number of fused-ring (bicyclic) bond motifs is 2. The minimum atomic E-state index is 0.839. The molecule has 0 spiro atoms. The van der Waals surface area contributed by atoms with Gasteiger partial charge in [-0.2, -0.15) is 0 Å². The van der Waals surface area contributed by atoms with Gasteiger partial charge in [-0.15, -0.1) is 0 Å². The minimum Gasteiger partial charge on any atom is -0.457 e. The van der Waals surface area contributed by atoms with Crippen molar-refractivity contribution in [3.05, 3.63) is 210 Å². The van der Waals surface area contributed by atoms with E-state index in [0.717, 1.165) is 75.2 Å². The molecule has 0 unspecified atom stereocenters. The van der Waals surface area contributed by atoms with Crippen LogP contribution in [-0.4, -0.2) is 0 Å². The summed E-state index contributed by atoms with van der Waals surface area (Å²) in [5.41, 5.74) is 15.8. The highest BCUT2D eigenvalue weighted by molar-refractivity contribution is 5.81. The van der Waals surface area contributed by atoms with Gasteiger partial charge >= 0.3 is 0 Å². The number of benzene rings is 8. The van der Waals surface area contributed by atoms with Crippen molar-refractivity contribution >= 4 is 17.1 Å². The number of aryl methyl sites for hydroxylation is 4. The summed E-state index contributed by atoms with van der Waals surface area (Å²) in [6.07, 6.45) is 4.61. The van der Waals surface area contributed by atoms with Crippen LogP contribution >= 0.6 is 0 Å². The lowest BCUT2D eigenvalue weighted by Gasteiger charge is -2.26. The van der Waals surface area contributed by atoms with Gasteiger partial charge in [-0.25, -0.2) is 0 Å². The summed E-state index contributed by atoms with van der Waals surface area (Å²) < 4.78 is 12.6. The summed E-state index contributed by atoms with van der Waals surface area (Å²) >= 11 is 0. The molecule has 0 aromatic heterocycles. The Hall–Kier alpha value is -6.84. The summed E-state index contributed by atoms with van der Waals surface area (Å²) in [6.45, 7) is 0. The van der Waals surface area contributed by atoms with Gasteiger partial charge in [0, 0.05) is 17.1 Å². The van der Waals surface area contributed by atoms with Gasteiger partial charge in [0.2, 0.25) is 0 Å². The van der Waals surface area contributed by atoms with Gasteiger partial charge in [0.25, 0.3) is 0 Å². The molecule has 2 aliphatic rings. The van der Waals surface area contributed by atoms with Crippen LogP contribution in [0.25, 0.3) is 33.4 Å². The number of hydrogen-bond acceptors (Lipinski definition) is 3. The molecule has 8 aromatic rings. The van der Waals surface area contributed by atoms with E-state index in [2.05, 4.69) is 181 Å². The third kappa shape index (κ3) is 6.77. The molecule has 0 fully saturated rings. The summed E-state index contributed by atoms with van der Waals surface area (Å²) in [6, 6.07) is 66.6. The first-order valence-corrected chi connectivity index (χ1v) is 19.1. The van der Waals surface area contributed by atoms with Gasteiger partial charge in [0.1, 0.15) is 23.0 Å². The van der Waals surface area contributed by atoms with Gasteiger partial charge in [0.15, 0.2) is 0 Å². The summed E-state index contributed by atoms with van der Waals surface area (Å²) in [4.78, 5) is 2.32. The Morgan fingerprint density at radius 2 is 0.636 bits per heavy atom. The number of hydrogen-bond donors (Lipinski definition) is 0. The van der Waals surface area contributed by atoms with E-state index in [4.69, 9.17) is 9.47 Å². The average molecular weight is 710 g/mol. The fourth-order valence-corrected chi connectivity index (χ4v) is 7.71. The van der Waals surface area contributed by atoms with Gasteiger partial charge in [0.05, 0.1) is 0 Å². The van der Waals surface area contributed by atoms with Crippen molar-refractivity contribution in [2.24, 2.45) is 0 Å². The summed E-state index contributed by atoms with van der Waals surface area (Å²) in [5, 5.41) is 0. The molecule has 0 amide bonds. The highest BCUT2D eigenvalue weighted by atomic mass is 16.5. The minimum absolute atomic E-state index is 0.839. The van der Waals surface area contributed by atoms with Crippen molar-refractivity contribution in [1.29, 1.82) is 0 Å². The molecule has 0 atom stereocenters. The maximum Gasteiger partial charge on any atom is 0.128 e. The molecule has 0 radical (unpaired) electrons. The van der Waals surface area contributed by atoms with Gasteiger partial charge in [-0.1, -0.05) is 103 Å². The lowest BCUT2D eigenvalue weighted by molar-refractivity contribution is 0.480. The smallest absolute Gasteiger partial charge is 0.128 e. The van der Waals surface area contributed by atoms with Crippen molar-refractivity contribution < 1.29 is 9.47 Å². The number of anilines is 3. The zero-order chi connectivity index (χ0) is 36.6. The van der Waals surface area contributed by atoms with Crippen LogP contribution in [0.1, 0.15) is 22.3 Å². The van der Waals surface area contributed by atoms with Crippen LogP contribution in [0.4, 0.5) is 17.1 Å². The Bertz CT molecular complexity index is 2480. The second kappa shape index (κ2) is 14.2. The van der Waals surface area contributed by atoms with Crippen LogP contribution in [0.15, 0.2) is 188 Å². The summed E-state index contributed by atoms with van der Waals surface area (Å²) in [7, 11) is 0. The fourth-order valence-electron chi connectivity index (χ4n) is 7.71. The lowest BCUT2D eigenvalue weighted by atomic mass is 9.89. The number of rotatable bonds is 10. The van der Waals surface area contributed by atoms with E-state index in [9.17, 15) is 0 Å². The van der Waals surface area contributed by atoms with Gasteiger partial charge < -0.3 is 14.4 Å². The van der Waals surface area contributed by atoms with Crippen molar-refractivity contribution in [3.8, 4) is 56.4 Å². The molecule has 264 valence electrons. The van der Waals surface area contributed by atoms with Crippen molar-refractivity contribution in [2.75, 3.05) is 4.90 Å². The molecule has 55 heavy (non-hydrogen) atoms. The third-order valence-corrected chi connectivity index (χ3v) is 11.0. The molecule has 8 aromatic carbocycles. The molecule has 0 N–H and O–H groups in total. The van der Waals surface area contributed by atoms with Crippen LogP contribution in [0, 0.1) is 0 Å². The maximum absolute atomic E-state index is 6.30. The topological polar surface area (TPSA) is 21.7 Å². The van der Waals surface area contributed by atoms with Gasteiger partial charge in [-0.05, 0) is 166 Å². The Balaban J connectivity index is 0.937. The average Bonchev–Trinajstić information content (AvgIpc) is 3.21. The molecule has 0 saturated carbocycles. The molecule has 10 rings (SSSR count). The normalized spacial score (nSPS) is 12.4. The van der Waals surface area contributed by atoms with E-state index in [1.165, 1.54) is 46.2 Å². The quantitative estimate of drug-likeness (QED) is 0.141. The Morgan fingerprint density at radius 3 is 1.04 bits per heavy atom. The molecule has 0 saturated heterocycles. The first kappa shape index (κ1) is 32.8. The predicted molar refractivity (Wildman–Crippen MR) is 225 cm³/mol. The molecule has 0 bridgehead atoms. The van der Waals surface area contributed by atoms with Crippen LogP contribution < -0.4 is 14.4 Å². The first-order chi connectivity index (χ1) is 27.2. The van der Waals surface area contributed by atoms with E-state index in [0.29, 0.717) is 0 Å². The first-order valence-electron chi connectivity index (χ1n) is 19.1. The van der Waals surface area contributed by atoms with Crippen LogP contribution in [-0.2, 0) is 25.7 Å². The molecule has 3 nitrogen and oxygen atoms in total. The molecule has 0 heterocycles. The molecule has 2 aliphatic carbocycles. The highest BCUT2D eigenvalue weighted by Gasteiger charge is 2.17. The Kier molecular flexibility index (Phi) is 8.46. The highest BCUT2D eigenvalue weighted by Crippen LogP contribution is 2.39. The molecule has 3 heteroatoms. The second-order valence-corrected chi connectivity index (χ2v) is 14.5.